The Morgan fingerprint density at radius 2 is 2.11 bits per heavy atom. The number of hydrogen-bond acceptors (Lipinski definition) is 6. The Labute approximate surface area is 153 Å². The summed E-state index contributed by atoms with van der Waals surface area (Å²) in [6, 6.07) is 7.95. The second-order valence-corrected chi connectivity index (χ2v) is 5.90. The normalized spacial score (nSPS) is 11.2. The minimum atomic E-state index is -0.693. The molecule has 0 fully saturated rings. The van der Waals surface area contributed by atoms with Crippen LogP contribution in [-0.4, -0.2) is 38.4 Å². The zero-order valence-corrected chi connectivity index (χ0v) is 14.9. The van der Waals surface area contributed by atoms with Crippen LogP contribution in [0.5, 0.6) is 0 Å². The van der Waals surface area contributed by atoms with E-state index in [0.717, 1.165) is 22.2 Å². The van der Waals surface area contributed by atoms with Gasteiger partial charge in [-0.2, -0.15) is 5.10 Å². The van der Waals surface area contributed by atoms with Crippen molar-refractivity contribution in [1.82, 2.24) is 25.2 Å². The van der Waals surface area contributed by atoms with Crippen LogP contribution in [-0.2, 0) is 11.8 Å². The van der Waals surface area contributed by atoms with E-state index in [9.17, 15) is 14.4 Å². The quantitative estimate of drug-likeness (QED) is 0.364. The predicted molar refractivity (Wildman–Crippen MR) is 102 cm³/mol. The summed E-state index contributed by atoms with van der Waals surface area (Å²) < 4.78 is 2.07. The van der Waals surface area contributed by atoms with Crippen molar-refractivity contribution in [2.24, 2.45) is 12.1 Å². The number of aromatic nitrogens is 4. The molecule has 0 saturated heterocycles. The SMILES string of the molecule is Cc1c(/C=N/NC(=O)CCNc2n[nH]c(=O)[nH]c2=O)c2ccccc2n1C. The number of hydrogen-bond donors (Lipinski definition) is 4. The molecule has 0 atom stereocenters. The molecule has 10 heteroatoms. The van der Waals surface area contributed by atoms with Gasteiger partial charge in [-0.15, -0.1) is 5.10 Å². The van der Waals surface area contributed by atoms with Crippen molar-refractivity contribution in [3.05, 3.63) is 56.4 Å². The number of aromatic amines is 2. The lowest BCUT2D eigenvalue weighted by atomic mass is 10.1. The number of anilines is 1. The van der Waals surface area contributed by atoms with Crippen molar-refractivity contribution in [1.29, 1.82) is 0 Å². The van der Waals surface area contributed by atoms with Crippen molar-refractivity contribution in [2.45, 2.75) is 13.3 Å². The molecular weight excluding hydrogens is 350 g/mol. The summed E-state index contributed by atoms with van der Waals surface area (Å²) >= 11 is 0. The Morgan fingerprint density at radius 1 is 1.33 bits per heavy atom. The van der Waals surface area contributed by atoms with Gasteiger partial charge in [0, 0.05) is 42.2 Å². The highest BCUT2D eigenvalue weighted by Crippen LogP contribution is 2.22. The van der Waals surface area contributed by atoms with Crippen LogP contribution >= 0.6 is 0 Å². The number of H-pyrrole nitrogens is 2. The van der Waals surface area contributed by atoms with Gasteiger partial charge in [-0.05, 0) is 13.0 Å². The fourth-order valence-electron chi connectivity index (χ4n) is 2.70. The van der Waals surface area contributed by atoms with E-state index in [-0.39, 0.29) is 24.7 Å². The summed E-state index contributed by atoms with van der Waals surface area (Å²) in [5.41, 5.74) is 4.19. The first-order valence-electron chi connectivity index (χ1n) is 8.26. The van der Waals surface area contributed by atoms with E-state index >= 15 is 0 Å². The number of nitrogens with one attached hydrogen (secondary N) is 4. The lowest BCUT2D eigenvalue weighted by Crippen LogP contribution is -2.28. The van der Waals surface area contributed by atoms with Gasteiger partial charge in [-0.1, -0.05) is 18.2 Å². The molecule has 2 aromatic heterocycles. The first kappa shape index (κ1) is 18.1. The van der Waals surface area contributed by atoms with Gasteiger partial charge in [-0.25, -0.2) is 15.3 Å². The van der Waals surface area contributed by atoms with Crippen LogP contribution in [0.15, 0.2) is 39.0 Å². The molecule has 4 N–H and O–H groups in total. The van der Waals surface area contributed by atoms with Crippen LogP contribution in [0.2, 0.25) is 0 Å². The highest BCUT2D eigenvalue weighted by molar-refractivity contribution is 6.01. The molecule has 27 heavy (non-hydrogen) atoms. The second kappa shape index (κ2) is 7.68. The summed E-state index contributed by atoms with van der Waals surface area (Å²) in [6.45, 7) is 2.15. The number of carbonyl (C=O) groups excluding carboxylic acids is 1. The van der Waals surface area contributed by atoms with Gasteiger partial charge < -0.3 is 9.88 Å². The highest BCUT2D eigenvalue weighted by Gasteiger charge is 2.09. The Morgan fingerprint density at radius 3 is 2.89 bits per heavy atom. The van der Waals surface area contributed by atoms with Crippen molar-refractivity contribution in [3.63, 3.8) is 0 Å². The zero-order valence-electron chi connectivity index (χ0n) is 14.9. The molecule has 2 heterocycles. The first-order chi connectivity index (χ1) is 13.0. The molecule has 3 rings (SSSR count). The number of nitrogens with zero attached hydrogens (tertiary/aromatic N) is 3. The summed E-state index contributed by atoms with van der Waals surface area (Å²) in [5, 5.41) is 13.4. The number of amides is 1. The molecule has 0 aliphatic rings. The number of hydrazone groups is 1. The van der Waals surface area contributed by atoms with Crippen molar-refractivity contribution in [2.75, 3.05) is 11.9 Å². The largest absolute Gasteiger partial charge is 0.364 e. The molecular formula is C17H19N7O3. The maximum absolute atomic E-state index is 11.9. The molecule has 140 valence electrons. The molecule has 1 amide bonds. The van der Waals surface area contributed by atoms with E-state index < -0.39 is 11.2 Å². The number of rotatable bonds is 6. The third-order valence-corrected chi connectivity index (χ3v) is 4.19. The Bertz CT molecular complexity index is 1120. The fourth-order valence-corrected chi connectivity index (χ4v) is 2.70. The highest BCUT2D eigenvalue weighted by atomic mass is 16.2. The molecule has 0 unspecified atom stereocenters. The summed E-state index contributed by atoms with van der Waals surface area (Å²) in [7, 11) is 1.98. The summed E-state index contributed by atoms with van der Waals surface area (Å²) in [4.78, 5) is 36.3. The van der Waals surface area contributed by atoms with Crippen LogP contribution in [0, 0.1) is 6.92 Å². The van der Waals surface area contributed by atoms with Crippen LogP contribution in [0.4, 0.5) is 5.82 Å². The fraction of sp³-hybridized carbons (Fsp3) is 0.235. The molecule has 0 bridgehead atoms. The Hall–Kier alpha value is -3.69. The lowest BCUT2D eigenvalue weighted by molar-refractivity contribution is -0.120. The maximum Gasteiger partial charge on any atom is 0.342 e. The molecule has 0 radical (unpaired) electrons. The van der Waals surface area contributed by atoms with Gasteiger partial charge in [0.1, 0.15) is 0 Å². The van der Waals surface area contributed by atoms with E-state index in [1.54, 1.807) is 6.21 Å². The van der Waals surface area contributed by atoms with Crippen LogP contribution < -0.4 is 22.0 Å². The molecule has 3 aromatic rings. The lowest BCUT2D eigenvalue weighted by Gasteiger charge is -2.03. The Balaban J connectivity index is 1.57. The van der Waals surface area contributed by atoms with Crippen molar-refractivity contribution >= 4 is 28.8 Å². The van der Waals surface area contributed by atoms with Gasteiger partial charge in [0.25, 0.3) is 5.56 Å². The molecule has 0 spiro atoms. The third kappa shape index (κ3) is 3.94. The van der Waals surface area contributed by atoms with E-state index in [0.29, 0.717) is 0 Å². The third-order valence-electron chi connectivity index (χ3n) is 4.19. The molecule has 10 nitrogen and oxygen atoms in total. The predicted octanol–water partition coefficient (Wildman–Crippen LogP) is 0.211. The number of aryl methyl sites for hydroxylation is 1. The van der Waals surface area contributed by atoms with Crippen molar-refractivity contribution in [3.8, 4) is 0 Å². The average molecular weight is 369 g/mol. The van der Waals surface area contributed by atoms with Gasteiger partial charge in [-0.3, -0.25) is 14.6 Å². The molecule has 0 saturated carbocycles. The first-order valence-corrected chi connectivity index (χ1v) is 8.26. The second-order valence-electron chi connectivity index (χ2n) is 5.90. The number of carbonyl (C=O) groups is 1. The minimum absolute atomic E-state index is 0.0581. The van der Waals surface area contributed by atoms with E-state index in [1.807, 2.05) is 43.2 Å². The van der Waals surface area contributed by atoms with Crippen molar-refractivity contribution < 1.29 is 4.79 Å². The van der Waals surface area contributed by atoms with Gasteiger partial charge >= 0.3 is 5.69 Å². The number of fused-ring (bicyclic) bond motifs is 1. The van der Waals surface area contributed by atoms with E-state index in [4.69, 9.17) is 0 Å². The monoisotopic (exact) mass is 369 g/mol. The number of para-hydroxylation sites is 1. The standard InChI is InChI=1S/C17H19N7O3/c1-10-12(11-5-3-4-6-13(11)24(10)2)9-19-21-14(25)7-8-18-15-16(26)20-17(27)23-22-15/h3-6,9H,7-8H2,1-2H3,(H,18,22)(H,21,25)(H2,20,23,26,27)/b19-9+. The Kier molecular flexibility index (Phi) is 5.15. The summed E-state index contributed by atoms with van der Waals surface area (Å²) in [6.07, 6.45) is 1.70. The van der Waals surface area contributed by atoms with Gasteiger partial charge in [0.05, 0.1) is 6.21 Å². The molecule has 0 aliphatic heterocycles. The molecule has 1 aromatic carbocycles. The average Bonchev–Trinajstić information content (AvgIpc) is 2.89. The topological polar surface area (TPSA) is 137 Å². The summed E-state index contributed by atoms with van der Waals surface area (Å²) in [5.74, 6) is -0.380. The smallest absolute Gasteiger partial charge is 0.342 e. The van der Waals surface area contributed by atoms with Gasteiger partial charge in [0.15, 0.2) is 0 Å². The van der Waals surface area contributed by atoms with Crippen LogP contribution in [0.3, 0.4) is 0 Å². The minimum Gasteiger partial charge on any atom is -0.364 e. The van der Waals surface area contributed by atoms with E-state index in [2.05, 4.69) is 30.6 Å². The molecule has 0 aliphatic carbocycles. The van der Waals surface area contributed by atoms with Crippen LogP contribution in [0.25, 0.3) is 10.9 Å². The van der Waals surface area contributed by atoms with Crippen LogP contribution in [0.1, 0.15) is 17.7 Å². The van der Waals surface area contributed by atoms with Gasteiger partial charge in [0.2, 0.25) is 11.7 Å². The zero-order chi connectivity index (χ0) is 19.4. The number of benzene rings is 1. The van der Waals surface area contributed by atoms with E-state index in [1.165, 1.54) is 0 Å². The maximum atomic E-state index is 11.9.